The first-order valence-corrected chi connectivity index (χ1v) is 14.2. The van der Waals surface area contributed by atoms with Crippen LogP contribution in [0.25, 0.3) is 50.5 Å². The summed E-state index contributed by atoms with van der Waals surface area (Å²) in [5.41, 5.74) is 6.16. The highest BCUT2D eigenvalue weighted by Gasteiger charge is 2.22. The number of benzene rings is 3. The number of fused-ring (bicyclic) bond motifs is 3. The number of aryl methyl sites for hydroxylation is 1. The summed E-state index contributed by atoms with van der Waals surface area (Å²) in [4.78, 5) is 18.7. The number of rotatable bonds is 4. The van der Waals surface area contributed by atoms with Gasteiger partial charge in [-0.2, -0.15) is 14.6 Å². The van der Waals surface area contributed by atoms with Gasteiger partial charge in [0.1, 0.15) is 23.1 Å². The van der Waals surface area contributed by atoms with Gasteiger partial charge in [0.25, 0.3) is 5.56 Å². The molecule has 200 valence electrons. The molecule has 5 heterocycles. The number of hydrogen-bond donors (Lipinski definition) is 0. The SMILES string of the molecule is Cc1c(-c2nc3s/c(=C\c4cn(-c5ccccc5)nc4-c4ccc5c(c4)CC(C)O5)c(=O)n3n2)oc2ccccc12. The summed E-state index contributed by atoms with van der Waals surface area (Å²) >= 11 is 1.30. The number of thiazole rings is 1. The molecule has 3 aromatic carbocycles. The minimum atomic E-state index is -0.230. The number of nitrogens with zero attached hydrogens (tertiary/aromatic N) is 5. The summed E-state index contributed by atoms with van der Waals surface area (Å²) in [5.74, 6) is 1.89. The van der Waals surface area contributed by atoms with Gasteiger partial charge in [0, 0.05) is 34.7 Å². The average molecular weight is 558 g/mol. The molecule has 0 saturated heterocycles. The van der Waals surface area contributed by atoms with Crippen molar-refractivity contribution in [3.05, 3.63) is 111 Å². The summed E-state index contributed by atoms with van der Waals surface area (Å²) in [7, 11) is 0. The van der Waals surface area contributed by atoms with Crippen molar-refractivity contribution in [2.45, 2.75) is 26.4 Å². The minimum Gasteiger partial charge on any atom is -0.490 e. The molecule has 0 bridgehead atoms. The van der Waals surface area contributed by atoms with E-state index in [1.54, 1.807) is 0 Å². The van der Waals surface area contributed by atoms with Crippen molar-refractivity contribution in [1.29, 1.82) is 0 Å². The monoisotopic (exact) mass is 557 g/mol. The van der Waals surface area contributed by atoms with Gasteiger partial charge in [-0.1, -0.05) is 47.7 Å². The maximum atomic E-state index is 13.5. The Labute approximate surface area is 237 Å². The molecule has 7 aromatic rings. The van der Waals surface area contributed by atoms with E-state index in [1.165, 1.54) is 15.9 Å². The third-order valence-electron chi connectivity index (χ3n) is 7.45. The Morgan fingerprint density at radius 1 is 1.02 bits per heavy atom. The highest BCUT2D eigenvalue weighted by molar-refractivity contribution is 7.15. The van der Waals surface area contributed by atoms with Crippen LogP contribution in [0.15, 0.2) is 88.2 Å². The smallest absolute Gasteiger partial charge is 0.291 e. The third kappa shape index (κ3) is 3.88. The number of aromatic nitrogens is 5. The normalized spacial score (nSPS) is 15.2. The first-order valence-electron chi connectivity index (χ1n) is 13.4. The molecule has 0 radical (unpaired) electrons. The van der Waals surface area contributed by atoms with E-state index in [-0.39, 0.29) is 11.7 Å². The number of ether oxygens (including phenoxy) is 1. The van der Waals surface area contributed by atoms with Crippen molar-refractivity contribution in [1.82, 2.24) is 24.4 Å². The summed E-state index contributed by atoms with van der Waals surface area (Å²) in [6.07, 6.45) is 4.84. The standard InChI is InChI=1S/C32H23N5O3S/c1-18-14-21-15-20(12-13-25(21)39-18)28-22(17-36(34-28)23-8-4-3-5-9-23)16-27-31(38)37-32(41-27)33-30(35-37)29-19(2)24-10-6-7-11-26(24)40-29/h3-13,15-18H,14H2,1-2H3/b27-16-. The van der Waals surface area contributed by atoms with E-state index in [4.69, 9.17) is 14.3 Å². The number of para-hydroxylation sites is 2. The lowest BCUT2D eigenvalue weighted by Gasteiger charge is -2.04. The van der Waals surface area contributed by atoms with Crippen LogP contribution in [0, 0.1) is 6.92 Å². The Kier molecular flexibility index (Phi) is 5.23. The van der Waals surface area contributed by atoms with Crippen LogP contribution in [0.3, 0.4) is 0 Å². The van der Waals surface area contributed by atoms with Crippen LogP contribution in [0.4, 0.5) is 0 Å². The van der Waals surface area contributed by atoms with Crippen molar-refractivity contribution in [2.75, 3.05) is 0 Å². The Morgan fingerprint density at radius 2 is 1.85 bits per heavy atom. The number of hydrogen-bond acceptors (Lipinski definition) is 7. The van der Waals surface area contributed by atoms with Crippen LogP contribution in [0.1, 0.15) is 23.6 Å². The van der Waals surface area contributed by atoms with E-state index in [9.17, 15) is 4.79 Å². The second-order valence-corrected chi connectivity index (χ2v) is 11.3. The highest BCUT2D eigenvalue weighted by Crippen LogP contribution is 2.34. The van der Waals surface area contributed by atoms with Gasteiger partial charge in [0.05, 0.1) is 10.2 Å². The Morgan fingerprint density at radius 3 is 2.68 bits per heavy atom. The van der Waals surface area contributed by atoms with Crippen molar-refractivity contribution >= 4 is 33.3 Å². The van der Waals surface area contributed by atoms with Crippen LogP contribution in [0.2, 0.25) is 0 Å². The lowest BCUT2D eigenvalue weighted by atomic mass is 10.0. The molecule has 1 unspecified atom stereocenters. The van der Waals surface area contributed by atoms with E-state index < -0.39 is 0 Å². The fourth-order valence-corrected chi connectivity index (χ4v) is 6.36. The van der Waals surface area contributed by atoms with E-state index in [1.807, 2.05) is 90.6 Å². The first-order chi connectivity index (χ1) is 20.0. The molecule has 0 fully saturated rings. The largest absolute Gasteiger partial charge is 0.490 e. The van der Waals surface area contributed by atoms with Crippen molar-refractivity contribution < 1.29 is 9.15 Å². The molecule has 0 saturated carbocycles. The van der Waals surface area contributed by atoms with Crippen LogP contribution in [-0.2, 0) is 6.42 Å². The second kappa shape index (κ2) is 9.00. The van der Waals surface area contributed by atoms with Crippen molar-refractivity contribution in [3.8, 4) is 34.3 Å². The maximum absolute atomic E-state index is 13.5. The van der Waals surface area contributed by atoms with E-state index in [2.05, 4.69) is 23.1 Å². The number of furan rings is 1. The van der Waals surface area contributed by atoms with Crippen molar-refractivity contribution in [3.63, 3.8) is 0 Å². The molecule has 41 heavy (non-hydrogen) atoms. The molecule has 1 aliphatic heterocycles. The molecule has 1 aliphatic rings. The summed E-state index contributed by atoms with van der Waals surface area (Å²) < 4.78 is 15.7. The Bertz CT molecular complexity index is 2220. The minimum absolute atomic E-state index is 0.152. The fourth-order valence-electron chi connectivity index (χ4n) is 5.46. The van der Waals surface area contributed by atoms with Crippen LogP contribution in [0.5, 0.6) is 5.75 Å². The third-order valence-corrected chi connectivity index (χ3v) is 8.41. The van der Waals surface area contributed by atoms with E-state index in [0.717, 1.165) is 56.8 Å². The fraction of sp³-hybridized carbons (Fsp3) is 0.125. The van der Waals surface area contributed by atoms with Crippen LogP contribution in [-0.4, -0.2) is 30.5 Å². The van der Waals surface area contributed by atoms with Crippen LogP contribution < -0.4 is 14.8 Å². The molecule has 0 amide bonds. The Balaban J connectivity index is 1.25. The molecule has 0 N–H and O–H groups in total. The van der Waals surface area contributed by atoms with Crippen molar-refractivity contribution in [2.24, 2.45) is 0 Å². The predicted molar refractivity (Wildman–Crippen MR) is 159 cm³/mol. The molecule has 8 rings (SSSR count). The van der Waals surface area contributed by atoms with E-state index in [0.29, 0.717) is 21.1 Å². The molecule has 0 spiro atoms. The van der Waals surface area contributed by atoms with Gasteiger partial charge in [-0.15, -0.1) is 5.10 Å². The lowest BCUT2D eigenvalue weighted by Crippen LogP contribution is -2.23. The molecule has 1 atom stereocenters. The second-order valence-electron chi connectivity index (χ2n) is 10.3. The molecular weight excluding hydrogens is 534 g/mol. The summed E-state index contributed by atoms with van der Waals surface area (Å²) in [5, 5.41) is 10.5. The van der Waals surface area contributed by atoms with Gasteiger partial charge in [0.2, 0.25) is 10.8 Å². The maximum Gasteiger partial charge on any atom is 0.291 e. The molecule has 9 heteroatoms. The summed E-state index contributed by atoms with van der Waals surface area (Å²) in [6, 6.07) is 23.9. The Hall–Kier alpha value is -5.02. The zero-order chi connectivity index (χ0) is 27.7. The highest BCUT2D eigenvalue weighted by atomic mass is 32.1. The van der Waals surface area contributed by atoms with Gasteiger partial charge in [-0.05, 0) is 61.9 Å². The molecule has 0 aliphatic carbocycles. The van der Waals surface area contributed by atoms with Gasteiger partial charge >= 0.3 is 0 Å². The topological polar surface area (TPSA) is 87.5 Å². The average Bonchev–Trinajstić information content (AvgIpc) is 3.79. The van der Waals surface area contributed by atoms with E-state index >= 15 is 0 Å². The zero-order valence-electron chi connectivity index (χ0n) is 22.2. The predicted octanol–water partition coefficient (Wildman–Crippen LogP) is 5.60. The summed E-state index contributed by atoms with van der Waals surface area (Å²) in [6.45, 7) is 4.05. The quantitative estimate of drug-likeness (QED) is 0.280. The zero-order valence-corrected chi connectivity index (χ0v) is 23.1. The molecular formula is C32H23N5O3S. The lowest BCUT2D eigenvalue weighted by molar-refractivity contribution is 0.254. The first kappa shape index (κ1) is 23.8. The van der Waals surface area contributed by atoms with Gasteiger partial charge in [-0.25, -0.2) is 4.68 Å². The van der Waals surface area contributed by atoms with Gasteiger partial charge in [0.15, 0.2) is 5.76 Å². The van der Waals surface area contributed by atoms with Gasteiger partial charge in [-0.3, -0.25) is 4.79 Å². The van der Waals surface area contributed by atoms with Gasteiger partial charge < -0.3 is 9.15 Å². The van der Waals surface area contributed by atoms with Crippen LogP contribution >= 0.6 is 11.3 Å². The molecule has 8 nitrogen and oxygen atoms in total. The molecule has 4 aromatic heterocycles.